The second-order valence-corrected chi connectivity index (χ2v) is 10.00. The Balaban J connectivity index is -0.000000688. The number of allylic oxidation sites excluding steroid dienone is 12. The molecule has 0 unspecified atom stereocenters. The van der Waals surface area contributed by atoms with Gasteiger partial charge >= 0.3 is 37.7 Å². The summed E-state index contributed by atoms with van der Waals surface area (Å²) in [6, 6.07) is 0. The van der Waals surface area contributed by atoms with Gasteiger partial charge in [-0.05, 0) is 103 Å². The van der Waals surface area contributed by atoms with Crippen molar-refractivity contribution in [3.05, 3.63) is 72.9 Å². The van der Waals surface area contributed by atoms with E-state index < -0.39 is 11.9 Å². The molecule has 0 aliphatic rings. The second-order valence-electron chi connectivity index (χ2n) is 10.00. The number of carbonyl (C=O) groups excluding carboxylic acids is 2. The Labute approximate surface area is 282 Å². The van der Waals surface area contributed by atoms with E-state index in [2.05, 4.69) is 86.8 Å². The second kappa shape index (κ2) is 40.8. The van der Waals surface area contributed by atoms with E-state index in [1.807, 2.05) is 0 Å². The summed E-state index contributed by atoms with van der Waals surface area (Å²) in [7, 11) is 0. The van der Waals surface area contributed by atoms with Gasteiger partial charge < -0.3 is 19.8 Å². The summed E-state index contributed by atoms with van der Waals surface area (Å²) in [6.45, 7) is 4.45. The van der Waals surface area contributed by atoms with Gasteiger partial charge in [0, 0.05) is 11.9 Å². The molecule has 0 aliphatic carbocycles. The van der Waals surface area contributed by atoms with Gasteiger partial charge in [-0.1, -0.05) is 112 Å². The number of hydrogen-bond acceptors (Lipinski definition) is 4. The van der Waals surface area contributed by atoms with Crippen molar-refractivity contribution < 1.29 is 19.8 Å². The maximum atomic E-state index is 10.2. The molecule has 41 heavy (non-hydrogen) atoms. The van der Waals surface area contributed by atoms with Crippen molar-refractivity contribution >= 4 is 49.7 Å². The zero-order chi connectivity index (χ0) is 29.8. The number of rotatable bonds is 26. The minimum atomic E-state index is -0.945. The number of hydrogen-bond donors (Lipinski definition) is 0. The number of unbranched alkanes of at least 4 members (excludes halogenated alkanes) is 10. The quantitative estimate of drug-likeness (QED) is 0.0573. The van der Waals surface area contributed by atoms with Crippen LogP contribution in [0.1, 0.15) is 142 Å². The van der Waals surface area contributed by atoms with Crippen molar-refractivity contribution in [1.29, 1.82) is 0 Å². The van der Waals surface area contributed by atoms with Crippen molar-refractivity contribution in [2.75, 3.05) is 0 Å². The molecule has 0 aromatic heterocycles. The first kappa shape index (κ1) is 44.1. The van der Waals surface area contributed by atoms with Crippen LogP contribution in [0.2, 0.25) is 0 Å². The molecule has 4 nitrogen and oxygen atoms in total. The van der Waals surface area contributed by atoms with Crippen LogP contribution < -0.4 is 10.2 Å². The molecule has 0 bridgehead atoms. The van der Waals surface area contributed by atoms with E-state index in [9.17, 15) is 19.8 Å². The molecule has 0 rings (SSSR count). The molecular formula is C36H58CaO4. The van der Waals surface area contributed by atoms with E-state index in [0.29, 0.717) is 12.8 Å². The van der Waals surface area contributed by atoms with Crippen LogP contribution in [-0.2, 0) is 9.59 Å². The summed E-state index contributed by atoms with van der Waals surface area (Å²) >= 11 is 0. The van der Waals surface area contributed by atoms with Crippen LogP contribution in [0.25, 0.3) is 0 Å². The predicted molar refractivity (Wildman–Crippen MR) is 174 cm³/mol. The topological polar surface area (TPSA) is 80.3 Å². The predicted octanol–water partition coefficient (Wildman–Crippen LogP) is 8.27. The summed E-state index contributed by atoms with van der Waals surface area (Å²) in [5.41, 5.74) is 0. The van der Waals surface area contributed by atoms with E-state index in [1.54, 1.807) is 0 Å². The fraction of sp³-hybridized carbons (Fsp3) is 0.611. The summed E-state index contributed by atoms with van der Waals surface area (Å²) in [6.07, 6.45) is 46.0. The van der Waals surface area contributed by atoms with Gasteiger partial charge in [-0.25, -0.2) is 0 Å². The number of carbonyl (C=O) groups is 2. The van der Waals surface area contributed by atoms with Gasteiger partial charge in [0.25, 0.3) is 0 Å². The third-order valence-electron chi connectivity index (χ3n) is 6.04. The molecule has 0 atom stereocenters. The van der Waals surface area contributed by atoms with Crippen molar-refractivity contribution in [2.45, 2.75) is 142 Å². The zero-order valence-corrected chi connectivity index (χ0v) is 28.6. The van der Waals surface area contributed by atoms with Crippen LogP contribution in [-0.4, -0.2) is 49.7 Å². The molecule has 0 saturated heterocycles. The monoisotopic (exact) mass is 594 g/mol. The van der Waals surface area contributed by atoms with Crippen LogP contribution >= 0.6 is 0 Å². The van der Waals surface area contributed by atoms with Gasteiger partial charge in [0.2, 0.25) is 0 Å². The summed E-state index contributed by atoms with van der Waals surface area (Å²) < 4.78 is 0. The third kappa shape index (κ3) is 48.7. The molecular weight excluding hydrogens is 536 g/mol. The van der Waals surface area contributed by atoms with Crippen molar-refractivity contribution in [1.82, 2.24) is 0 Å². The SMILES string of the molecule is CCCCC/C=C\C/C=C\C/C=C\CCCCC(=O)[O-].CCCCC/C=C\C/C=C\C/C=C\CCCCC(=O)[O-].[Ca+2]. The van der Waals surface area contributed by atoms with Crippen LogP contribution in [0, 0.1) is 0 Å². The Morgan fingerprint density at radius 1 is 0.415 bits per heavy atom. The molecule has 0 saturated carbocycles. The maximum absolute atomic E-state index is 10.2. The Bertz CT molecular complexity index is 670. The van der Waals surface area contributed by atoms with E-state index in [0.717, 1.165) is 51.4 Å². The summed E-state index contributed by atoms with van der Waals surface area (Å²) in [5.74, 6) is -1.89. The maximum Gasteiger partial charge on any atom is 2.00 e. The zero-order valence-electron chi connectivity index (χ0n) is 26.4. The molecule has 0 radical (unpaired) electrons. The van der Waals surface area contributed by atoms with E-state index in [1.165, 1.54) is 51.4 Å². The average molecular weight is 595 g/mol. The van der Waals surface area contributed by atoms with Crippen LogP contribution in [0.5, 0.6) is 0 Å². The van der Waals surface area contributed by atoms with Gasteiger partial charge in [-0.2, -0.15) is 0 Å². The molecule has 228 valence electrons. The normalized spacial score (nSPS) is 11.8. The van der Waals surface area contributed by atoms with Gasteiger partial charge in [-0.15, -0.1) is 0 Å². The van der Waals surface area contributed by atoms with E-state index in [-0.39, 0.29) is 50.6 Å². The van der Waals surface area contributed by atoms with Crippen LogP contribution in [0.15, 0.2) is 72.9 Å². The van der Waals surface area contributed by atoms with E-state index >= 15 is 0 Å². The fourth-order valence-corrected chi connectivity index (χ4v) is 3.64. The standard InChI is InChI=1S/2C18H30O2.Ca/c2*1-2-3-4-5-6-7-8-9-10-11-12-13-14-15-16-17-18(19)20;/h2*6-7,9-10,12-13H,2-5,8,11,14-17H2,1H3,(H,19,20);/q;;+2/p-2/b2*7-6-,10-9-,13-12-;. The fourth-order valence-electron chi connectivity index (χ4n) is 3.64. The first-order chi connectivity index (χ1) is 19.5. The molecule has 0 fully saturated rings. The first-order valence-electron chi connectivity index (χ1n) is 15.8. The molecule has 0 N–H and O–H groups in total. The molecule has 0 spiro atoms. The van der Waals surface area contributed by atoms with Crippen molar-refractivity contribution in [3.63, 3.8) is 0 Å². The Morgan fingerprint density at radius 2 is 0.659 bits per heavy atom. The Kier molecular flexibility index (Phi) is 43.8. The van der Waals surface area contributed by atoms with Crippen LogP contribution in [0.4, 0.5) is 0 Å². The van der Waals surface area contributed by atoms with Gasteiger partial charge in [-0.3, -0.25) is 0 Å². The van der Waals surface area contributed by atoms with Crippen LogP contribution in [0.3, 0.4) is 0 Å². The molecule has 0 aromatic carbocycles. The average Bonchev–Trinajstić information content (AvgIpc) is 2.93. The third-order valence-corrected chi connectivity index (χ3v) is 6.04. The number of aliphatic carboxylic acids is 2. The van der Waals surface area contributed by atoms with E-state index in [4.69, 9.17) is 0 Å². The minimum Gasteiger partial charge on any atom is -0.550 e. The molecule has 0 heterocycles. The van der Waals surface area contributed by atoms with Crippen molar-refractivity contribution in [3.8, 4) is 0 Å². The summed E-state index contributed by atoms with van der Waals surface area (Å²) in [4.78, 5) is 20.4. The molecule has 0 aliphatic heterocycles. The molecule has 0 amide bonds. The molecule has 5 heteroatoms. The first-order valence-corrected chi connectivity index (χ1v) is 15.8. The smallest absolute Gasteiger partial charge is 0.550 e. The van der Waals surface area contributed by atoms with Gasteiger partial charge in [0.15, 0.2) is 0 Å². The summed E-state index contributed by atoms with van der Waals surface area (Å²) in [5, 5.41) is 20.4. The molecule has 0 aromatic rings. The van der Waals surface area contributed by atoms with Gasteiger partial charge in [0.05, 0.1) is 0 Å². The van der Waals surface area contributed by atoms with Gasteiger partial charge in [0.1, 0.15) is 0 Å². The largest absolute Gasteiger partial charge is 2.00 e. The number of carboxylic acids is 2. The Hall–Kier alpha value is -1.36. The van der Waals surface area contributed by atoms with Crippen molar-refractivity contribution in [2.24, 2.45) is 0 Å². The number of carboxylic acid groups (broad SMARTS) is 2. The Morgan fingerprint density at radius 3 is 0.902 bits per heavy atom. The minimum absolute atomic E-state index is 0.